The molecular weight excluding hydrogens is 574 g/mol. The molecule has 1 aliphatic carbocycles. The van der Waals surface area contributed by atoms with Gasteiger partial charge in [0.15, 0.2) is 0 Å². The number of hydrogen-bond acceptors (Lipinski definition) is 5. The summed E-state index contributed by atoms with van der Waals surface area (Å²) in [6, 6.07) is 19.5. The van der Waals surface area contributed by atoms with Crippen molar-refractivity contribution in [2.75, 3.05) is 18.0 Å². The molecule has 1 N–H and O–H groups in total. The van der Waals surface area contributed by atoms with E-state index in [4.69, 9.17) is 16.3 Å². The van der Waals surface area contributed by atoms with Gasteiger partial charge in [0, 0.05) is 17.6 Å². The predicted molar refractivity (Wildman–Crippen MR) is 165 cm³/mol. The predicted octanol–water partition coefficient (Wildman–Crippen LogP) is 5.72. The van der Waals surface area contributed by atoms with E-state index in [-0.39, 0.29) is 23.4 Å². The lowest BCUT2D eigenvalue weighted by atomic mass is 10.1. The van der Waals surface area contributed by atoms with E-state index in [2.05, 4.69) is 5.32 Å². The zero-order chi connectivity index (χ0) is 30.3. The topological polar surface area (TPSA) is 96.0 Å². The highest BCUT2D eigenvalue weighted by molar-refractivity contribution is 7.92. The van der Waals surface area contributed by atoms with E-state index < -0.39 is 28.5 Å². The summed E-state index contributed by atoms with van der Waals surface area (Å²) in [6.07, 6.45) is 4.29. The van der Waals surface area contributed by atoms with Gasteiger partial charge in [-0.15, -0.1) is 0 Å². The number of nitrogens with one attached hydrogen (secondary N) is 1. The Bertz CT molecular complexity index is 1480. The van der Waals surface area contributed by atoms with Gasteiger partial charge >= 0.3 is 0 Å². The molecule has 0 aliphatic heterocycles. The van der Waals surface area contributed by atoms with Crippen molar-refractivity contribution < 1.29 is 22.7 Å². The molecule has 1 saturated carbocycles. The number of rotatable bonds is 12. The van der Waals surface area contributed by atoms with E-state index in [1.165, 1.54) is 17.0 Å². The van der Waals surface area contributed by atoms with Crippen molar-refractivity contribution in [1.29, 1.82) is 0 Å². The largest absolute Gasteiger partial charge is 0.497 e. The monoisotopic (exact) mass is 611 g/mol. The van der Waals surface area contributed by atoms with Gasteiger partial charge in [0.2, 0.25) is 11.8 Å². The van der Waals surface area contributed by atoms with Crippen molar-refractivity contribution in [2.45, 2.75) is 69.5 Å². The summed E-state index contributed by atoms with van der Waals surface area (Å²) in [5.74, 6) is -0.0695. The Morgan fingerprint density at radius 1 is 1.00 bits per heavy atom. The number of halogens is 1. The number of ether oxygens (including phenoxy) is 1. The molecule has 1 fully saturated rings. The molecule has 0 spiro atoms. The highest BCUT2D eigenvalue weighted by atomic mass is 35.5. The lowest BCUT2D eigenvalue weighted by Gasteiger charge is -2.34. The number of carbonyl (C=O) groups excluding carboxylic acids is 2. The molecule has 1 atom stereocenters. The molecule has 3 aromatic carbocycles. The van der Waals surface area contributed by atoms with E-state index >= 15 is 0 Å². The SMILES string of the molecule is CC[C@H](C(=O)NC1CCCC1)N(Cc1ccc(OC)cc1)C(=O)CN(c1cccc(Cl)c1C)S(=O)(=O)c1ccccc1. The summed E-state index contributed by atoms with van der Waals surface area (Å²) in [7, 11) is -2.59. The molecule has 0 aromatic heterocycles. The van der Waals surface area contributed by atoms with Gasteiger partial charge in [-0.05, 0) is 73.7 Å². The first-order valence-electron chi connectivity index (χ1n) is 14.2. The van der Waals surface area contributed by atoms with Crippen LogP contribution in [0.3, 0.4) is 0 Å². The fourth-order valence-corrected chi connectivity index (χ4v) is 6.98. The van der Waals surface area contributed by atoms with Gasteiger partial charge in [0.1, 0.15) is 18.3 Å². The zero-order valence-electron chi connectivity index (χ0n) is 24.3. The maximum Gasteiger partial charge on any atom is 0.264 e. The third-order valence-electron chi connectivity index (χ3n) is 7.72. The quantitative estimate of drug-likeness (QED) is 0.283. The summed E-state index contributed by atoms with van der Waals surface area (Å²) < 4.78 is 34.4. The first-order valence-corrected chi connectivity index (χ1v) is 16.0. The minimum atomic E-state index is -4.17. The molecule has 2 amide bonds. The Labute approximate surface area is 253 Å². The van der Waals surface area contributed by atoms with Crippen molar-refractivity contribution in [3.63, 3.8) is 0 Å². The first-order chi connectivity index (χ1) is 20.1. The number of benzene rings is 3. The van der Waals surface area contributed by atoms with E-state index in [1.54, 1.807) is 62.6 Å². The lowest BCUT2D eigenvalue weighted by molar-refractivity contribution is -0.140. The van der Waals surface area contributed by atoms with Crippen LogP contribution in [0, 0.1) is 6.92 Å². The smallest absolute Gasteiger partial charge is 0.264 e. The second-order valence-electron chi connectivity index (χ2n) is 10.5. The second-order valence-corrected chi connectivity index (χ2v) is 12.8. The number of nitrogens with zero attached hydrogens (tertiary/aromatic N) is 2. The van der Waals surface area contributed by atoms with Crippen molar-refractivity contribution in [3.05, 3.63) is 88.9 Å². The van der Waals surface area contributed by atoms with Gasteiger partial charge in [0.25, 0.3) is 10.0 Å². The van der Waals surface area contributed by atoms with E-state index in [0.29, 0.717) is 28.4 Å². The van der Waals surface area contributed by atoms with Crippen LogP contribution >= 0.6 is 11.6 Å². The van der Waals surface area contributed by atoms with Gasteiger partial charge in [0.05, 0.1) is 17.7 Å². The number of hydrogen-bond donors (Lipinski definition) is 1. The van der Waals surface area contributed by atoms with Crippen LogP contribution in [-0.2, 0) is 26.2 Å². The summed E-state index contributed by atoms with van der Waals surface area (Å²) in [5, 5.41) is 3.51. The van der Waals surface area contributed by atoms with Crippen LogP contribution < -0.4 is 14.4 Å². The van der Waals surface area contributed by atoms with E-state index in [9.17, 15) is 18.0 Å². The van der Waals surface area contributed by atoms with Crippen molar-refractivity contribution in [2.24, 2.45) is 0 Å². The Hall–Kier alpha value is -3.56. The number of carbonyl (C=O) groups is 2. The highest BCUT2D eigenvalue weighted by Gasteiger charge is 2.35. The average molecular weight is 612 g/mol. The van der Waals surface area contributed by atoms with Crippen LogP contribution in [0.4, 0.5) is 5.69 Å². The molecule has 0 saturated heterocycles. The molecule has 224 valence electrons. The zero-order valence-corrected chi connectivity index (χ0v) is 25.8. The Morgan fingerprint density at radius 3 is 2.29 bits per heavy atom. The Balaban J connectivity index is 1.73. The number of anilines is 1. The molecule has 0 radical (unpaired) electrons. The number of methoxy groups -OCH3 is 1. The third-order valence-corrected chi connectivity index (χ3v) is 9.90. The molecule has 42 heavy (non-hydrogen) atoms. The van der Waals surface area contributed by atoms with Crippen LogP contribution in [0.2, 0.25) is 5.02 Å². The lowest BCUT2D eigenvalue weighted by Crippen LogP contribution is -2.53. The molecule has 0 heterocycles. The first kappa shape index (κ1) is 31.4. The van der Waals surface area contributed by atoms with Crippen LogP contribution in [0.25, 0.3) is 0 Å². The van der Waals surface area contributed by atoms with Crippen molar-refractivity contribution >= 4 is 39.1 Å². The minimum Gasteiger partial charge on any atom is -0.497 e. The van der Waals surface area contributed by atoms with Crippen LogP contribution in [0.5, 0.6) is 5.75 Å². The fraction of sp³-hybridized carbons (Fsp3) is 0.375. The molecule has 8 nitrogen and oxygen atoms in total. The maximum absolute atomic E-state index is 14.3. The second kappa shape index (κ2) is 14.1. The number of sulfonamides is 1. The summed E-state index contributed by atoms with van der Waals surface area (Å²) >= 11 is 6.40. The molecule has 0 unspecified atom stereocenters. The van der Waals surface area contributed by atoms with Gasteiger partial charge < -0.3 is 15.0 Å². The molecule has 0 bridgehead atoms. The van der Waals surface area contributed by atoms with Crippen molar-refractivity contribution in [1.82, 2.24) is 10.2 Å². The third kappa shape index (κ3) is 7.25. The normalized spacial score (nSPS) is 14.3. The molecule has 10 heteroatoms. The fourth-order valence-electron chi connectivity index (χ4n) is 5.31. The van der Waals surface area contributed by atoms with E-state index in [1.807, 2.05) is 19.1 Å². The standard InChI is InChI=1S/C32H38ClN3O5S/c1-4-29(32(38)34-25-11-8-9-12-25)35(21-24-17-19-26(41-3)20-18-24)31(37)22-36(30-16-10-15-28(33)23(30)2)42(39,40)27-13-6-5-7-14-27/h5-7,10,13-20,25,29H,4,8-9,11-12,21-22H2,1-3H3,(H,34,38)/t29-/m1/s1. The van der Waals surface area contributed by atoms with Gasteiger partial charge in [-0.1, -0.05) is 67.8 Å². The van der Waals surface area contributed by atoms with Crippen LogP contribution in [-0.4, -0.2) is 50.9 Å². The summed E-state index contributed by atoms with van der Waals surface area (Å²) in [6.45, 7) is 3.18. The van der Waals surface area contributed by atoms with Gasteiger partial charge in [-0.2, -0.15) is 0 Å². The van der Waals surface area contributed by atoms with Gasteiger partial charge in [-0.25, -0.2) is 8.42 Å². The van der Waals surface area contributed by atoms with Crippen LogP contribution in [0.15, 0.2) is 77.7 Å². The van der Waals surface area contributed by atoms with Gasteiger partial charge in [-0.3, -0.25) is 13.9 Å². The number of amides is 2. The average Bonchev–Trinajstić information content (AvgIpc) is 3.51. The summed E-state index contributed by atoms with van der Waals surface area (Å²) in [5.41, 5.74) is 1.61. The maximum atomic E-state index is 14.3. The Kier molecular flexibility index (Phi) is 10.5. The molecular formula is C32H38ClN3O5S. The van der Waals surface area contributed by atoms with Crippen molar-refractivity contribution in [3.8, 4) is 5.75 Å². The molecule has 1 aliphatic rings. The summed E-state index contributed by atoms with van der Waals surface area (Å²) in [4.78, 5) is 29.4. The minimum absolute atomic E-state index is 0.0462. The molecule has 4 rings (SSSR count). The van der Waals surface area contributed by atoms with Crippen LogP contribution in [0.1, 0.15) is 50.2 Å². The Morgan fingerprint density at radius 2 is 1.67 bits per heavy atom. The highest BCUT2D eigenvalue weighted by Crippen LogP contribution is 2.31. The molecule has 3 aromatic rings. The van der Waals surface area contributed by atoms with E-state index in [0.717, 1.165) is 35.6 Å².